The number of fused-ring (bicyclic) bond motifs is 1. The van der Waals surface area contributed by atoms with E-state index in [1.165, 1.54) is 0 Å². The maximum Gasteiger partial charge on any atom is 0.103 e. The SMILES string of the molecule is CCc1nc2ccc(Br)cc2c(Cl)c1C#N. The molecule has 0 saturated heterocycles. The van der Waals surface area contributed by atoms with Gasteiger partial charge >= 0.3 is 0 Å². The smallest absolute Gasteiger partial charge is 0.103 e. The molecule has 1 aromatic heterocycles. The van der Waals surface area contributed by atoms with E-state index in [2.05, 4.69) is 27.0 Å². The zero-order valence-corrected chi connectivity index (χ0v) is 10.9. The number of nitrogens with zero attached hydrogens (tertiary/aromatic N) is 2. The standard InChI is InChI=1S/C12H8BrClN2/c1-2-10-9(6-15)12(14)8-5-7(13)3-4-11(8)16-10/h3-5H,2H2,1H3. The number of hydrogen-bond acceptors (Lipinski definition) is 2. The van der Waals surface area contributed by atoms with Gasteiger partial charge in [0.15, 0.2) is 0 Å². The summed E-state index contributed by atoms with van der Waals surface area (Å²) in [5.41, 5.74) is 2.06. The number of nitriles is 1. The van der Waals surface area contributed by atoms with Crippen molar-refractivity contribution in [3.63, 3.8) is 0 Å². The monoisotopic (exact) mass is 294 g/mol. The summed E-state index contributed by atoms with van der Waals surface area (Å²) in [4.78, 5) is 4.44. The van der Waals surface area contributed by atoms with Crippen LogP contribution in [0.15, 0.2) is 22.7 Å². The first-order chi connectivity index (χ1) is 7.67. The Morgan fingerprint density at radius 1 is 1.50 bits per heavy atom. The molecule has 0 radical (unpaired) electrons. The first-order valence-electron chi connectivity index (χ1n) is 4.85. The van der Waals surface area contributed by atoms with Crippen LogP contribution in [0.1, 0.15) is 18.2 Å². The molecule has 0 N–H and O–H groups in total. The quantitative estimate of drug-likeness (QED) is 0.794. The van der Waals surface area contributed by atoms with Crippen molar-refractivity contribution in [1.82, 2.24) is 4.98 Å². The molecule has 0 aliphatic rings. The van der Waals surface area contributed by atoms with Crippen LogP contribution in [-0.2, 0) is 6.42 Å². The Bertz CT molecular complexity index is 602. The molecule has 0 amide bonds. The van der Waals surface area contributed by atoms with Gasteiger partial charge < -0.3 is 0 Å². The van der Waals surface area contributed by atoms with Gasteiger partial charge in [-0.1, -0.05) is 34.5 Å². The van der Waals surface area contributed by atoms with Gasteiger partial charge in [0.2, 0.25) is 0 Å². The summed E-state index contributed by atoms with van der Waals surface area (Å²) in [6.45, 7) is 1.96. The van der Waals surface area contributed by atoms with Gasteiger partial charge in [0.25, 0.3) is 0 Å². The Morgan fingerprint density at radius 2 is 2.25 bits per heavy atom. The first-order valence-corrected chi connectivity index (χ1v) is 6.02. The minimum Gasteiger partial charge on any atom is -0.251 e. The van der Waals surface area contributed by atoms with Crippen LogP contribution in [-0.4, -0.2) is 4.98 Å². The van der Waals surface area contributed by atoms with Gasteiger partial charge in [-0.3, -0.25) is 4.98 Å². The highest BCUT2D eigenvalue weighted by Gasteiger charge is 2.12. The third-order valence-corrected chi connectivity index (χ3v) is 3.29. The molecule has 0 aliphatic carbocycles. The van der Waals surface area contributed by atoms with Crippen LogP contribution in [0.2, 0.25) is 5.02 Å². The third-order valence-electron chi connectivity index (χ3n) is 2.41. The van der Waals surface area contributed by atoms with Gasteiger partial charge in [-0.2, -0.15) is 5.26 Å². The Kier molecular flexibility index (Phi) is 3.13. The molecule has 4 heteroatoms. The number of rotatable bonds is 1. The lowest BCUT2D eigenvalue weighted by molar-refractivity contribution is 1.05. The van der Waals surface area contributed by atoms with E-state index in [0.29, 0.717) is 17.0 Å². The first kappa shape index (κ1) is 11.4. The molecule has 2 rings (SSSR count). The molecule has 0 spiro atoms. The van der Waals surface area contributed by atoms with Crippen LogP contribution in [0.3, 0.4) is 0 Å². The molecule has 0 bridgehead atoms. The van der Waals surface area contributed by atoms with Crippen molar-refractivity contribution in [2.24, 2.45) is 0 Å². The highest BCUT2D eigenvalue weighted by Crippen LogP contribution is 2.30. The van der Waals surface area contributed by atoms with Crippen molar-refractivity contribution < 1.29 is 0 Å². The Balaban J connectivity index is 2.89. The van der Waals surface area contributed by atoms with E-state index in [9.17, 15) is 0 Å². The summed E-state index contributed by atoms with van der Waals surface area (Å²) >= 11 is 9.59. The molecule has 80 valence electrons. The fourth-order valence-corrected chi connectivity index (χ4v) is 2.28. The predicted molar refractivity (Wildman–Crippen MR) is 68.5 cm³/mol. The van der Waals surface area contributed by atoms with Gasteiger partial charge in [-0.15, -0.1) is 0 Å². The second-order valence-corrected chi connectivity index (χ2v) is 4.67. The minimum absolute atomic E-state index is 0.481. The fraction of sp³-hybridized carbons (Fsp3) is 0.167. The summed E-state index contributed by atoms with van der Waals surface area (Å²) < 4.78 is 0.928. The Morgan fingerprint density at radius 3 is 2.88 bits per heavy atom. The number of benzene rings is 1. The minimum atomic E-state index is 0.481. The van der Waals surface area contributed by atoms with Crippen LogP contribution in [0.5, 0.6) is 0 Å². The zero-order chi connectivity index (χ0) is 11.7. The number of aryl methyl sites for hydroxylation is 1. The number of halogens is 2. The molecular formula is C12H8BrClN2. The van der Waals surface area contributed by atoms with Crippen molar-refractivity contribution in [2.45, 2.75) is 13.3 Å². The normalized spacial score (nSPS) is 10.4. The lowest BCUT2D eigenvalue weighted by Gasteiger charge is -2.07. The number of pyridine rings is 1. The highest BCUT2D eigenvalue weighted by molar-refractivity contribution is 9.10. The van der Waals surface area contributed by atoms with E-state index in [1.54, 1.807) is 0 Å². The van der Waals surface area contributed by atoms with Gasteiger partial charge in [0.05, 0.1) is 21.8 Å². The van der Waals surface area contributed by atoms with Crippen LogP contribution in [0, 0.1) is 11.3 Å². The lowest BCUT2D eigenvalue weighted by Crippen LogP contribution is -1.95. The molecule has 1 heterocycles. The van der Waals surface area contributed by atoms with E-state index in [1.807, 2.05) is 25.1 Å². The number of aromatic nitrogens is 1. The van der Waals surface area contributed by atoms with Crippen molar-refractivity contribution >= 4 is 38.4 Å². The van der Waals surface area contributed by atoms with E-state index < -0.39 is 0 Å². The van der Waals surface area contributed by atoms with Gasteiger partial charge in [-0.05, 0) is 24.6 Å². The second-order valence-electron chi connectivity index (χ2n) is 3.37. The average molecular weight is 296 g/mol. The van der Waals surface area contributed by atoms with Crippen LogP contribution in [0.4, 0.5) is 0 Å². The van der Waals surface area contributed by atoms with E-state index in [4.69, 9.17) is 16.9 Å². The van der Waals surface area contributed by atoms with Crippen LogP contribution < -0.4 is 0 Å². The molecule has 0 unspecified atom stereocenters. The molecule has 1 aromatic carbocycles. The zero-order valence-electron chi connectivity index (χ0n) is 8.59. The summed E-state index contributed by atoms with van der Waals surface area (Å²) in [5.74, 6) is 0. The van der Waals surface area contributed by atoms with Crippen LogP contribution >= 0.6 is 27.5 Å². The van der Waals surface area contributed by atoms with E-state index >= 15 is 0 Å². The summed E-state index contributed by atoms with van der Waals surface area (Å²) in [6, 6.07) is 7.80. The average Bonchev–Trinajstić information content (AvgIpc) is 2.29. The van der Waals surface area contributed by atoms with Gasteiger partial charge in [-0.25, -0.2) is 0 Å². The Labute approximate surface area is 107 Å². The van der Waals surface area contributed by atoms with Crippen molar-refractivity contribution in [3.8, 4) is 6.07 Å². The largest absolute Gasteiger partial charge is 0.251 e. The van der Waals surface area contributed by atoms with Crippen LogP contribution in [0.25, 0.3) is 10.9 Å². The Hall–Kier alpha value is -1.11. The summed E-state index contributed by atoms with van der Waals surface area (Å²) in [5, 5.41) is 10.4. The molecule has 2 aromatic rings. The van der Waals surface area contributed by atoms with Crippen molar-refractivity contribution in [3.05, 3.63) is 39.0 Å². The summed E-state index contributed by atoms with van der Waals surface area (Å²) in [6.07, 6.45) is 0.703. The van der Waals surface area contributed by atoms with Gasteiger partial charge in [0.1, 0.15) is 6.07 Å². The fourth-order valence-electron chi connectivity index (χ4n) is 1.61. The topological polar surface area (TPSA) is 36.7 Å². The molecule has 0 fully saturated rings. The predicted octanol–water partition coefficient (Wildman–Crippen LogP) is 4.08. The maximum atomic E-state index is 9.07. The molecule has 0 atom stereocenters. The van der Waals surface area contributed by atoms with E-state index in [0.717, 1.165) is 21.1 Å². The molecule has 16 heavy (non-hydrogen) atoms. The van der Waals surface area contributed by atoms with E-state index in [-0.39, 0.29) is 0 Å². The third kappa shape index (κ3) is 1.79. The molecular weight excluding hydrogens is 288 g/mol. The summed E-state index contributed by atoms with van der Waals surface area (Å²) in [7, 11) is 0. The molecule has 2 nitrogen and oxygen atoms in total. The molecule has 0 saturated carbocycles. The van der Waals surface area contributed by atoms with Crippen molar-refractivity contribution in [2.75, 3.05) is 0 Å². The second kappa shape index (κ2) is 4.40. The van der Waals surface area contributed by atoms with Gasteiger partial charge in [0, 0.05) is 9.86 Å². The highest BCUT2D eigenvalue weighted by atomic mass is 79.9. The maximum absolute atomic E-state index is 9.07. The lowest BCUT2D eigenvalue weighted by atomic mass is 10.1. The van der Waals surface area contributed by atoms with Crippen molar-refractivity contribution in [1.29, 1.82) is 5.26 Å². The number of hydrogen-bond donors (Lipinski definition) is 0. The molecule has 0 aliphatic heterocycles.